The predicted octanol–water partition coefficient (Wildman–Crippen LogP) is 4.08. The van der Waals surface area contributed by atoms with Gasteiger partial charge >= 0.3 is 0 Å². The van der Waals surface area contributed by atoms with Crippen molar-refractivity contribution < 1.29 is 5.11 Å². The van der Waals surface area contributed by atoms with Crippen molar-refractivity contribution in [3.8, 4) is 0 Å². The Bertz CT molecular complexity index is 335. The molecule has 0 aromatic heterocycles. The first-order valence-corrected chi connectivity index (χ1v) is 6.69. The summed E-state index contributed by atoms with van der Waals surface area (Å²) in [5.41, 5.74) is 0.666. The number of aliphatic hydroxyl groups excluding tert-OH is 1. The van der Waals surface area contributed by atoms with Gasteiger partial charge in [-0.2, -0.15) is 0 Å². The van der Waals surface area contributed by atoms with Crippen LogP contribution in [0.3, 0.4) is 0 Å². The van der Waals surface area contributed by atoms with Crippen LogP contribution in [0.2, 0.25) is 5.02 Å². The first kappa shape index (κ1) is 14.3. The van der Waals surface area contributed by atoms with E-state index in [1.807, 2.05) is 24.3 Å². The summed E-state index contributed by atoms with van der Waals surface area (Å²) in [5.74, 6) is 0. The van der Waals surface area contributed by atoms with Gasteiger partial charge in [-0.05, 0) is 25.0 Å². The largest absolute Gasteiger partial charge is 0.394 e. The van der Waals surface area contributed by atoms with Gasteiger partial charge in [-0.3, -0.25) is 0 Å². The van der Waals surface area contributed by atoms with Crippen molar-refractivity contribution in [1.82, 2.24) is 0 Å². The molecule has 1 aromatic carbocycles. The van der Waals surface area contributed by atoms with Gasteiger partial charge in [0.25, 0.3) is 0 Å². The van der Waals surface area contributed by atoms with Crippen molar-refractivity contribution >= 4 is 17.3 Å². The lowest BCUT2D eigenvalue weighted by atomic mass is 9.89. The van der Waals surface area contributed by atoms with Crippen LogP contribution in [-0.4, -0.2) is 17.3 Å². The van der Waals surface area contributed by atoms with Crippen molar-refractivity contribution in [3.05, 3.63) is 29.3 Å². The predicted molar refractivity (Wildman–Crippen MR) is 74.7 cm³/mol. The van der Waals surface area contributed by atoms with Crippen LogP contribution in [0.4, 0.5) is 5.69 Å². The van der Waals surface area contributed by atoms with E-state index in [1.54, 1.807) is 0 Å². The van der Waals surface area contributed by atoms with E-state index < -0.39 is 0 Å². The molecule has 0 aliphatic rings. The lowest BCUT2D eigenvalue weighted by molar-refractivity contribution is 0.192. The summed E-state index contributed by atoms with van der Waals surface area (Å²) in [6, 6.07) is 7.68. The lowest BCUT2D eigenvalue weighted by Gasteiger charge is -2.34. The maximum atomic E-state index is 9.69. The molecule has 0 saturated carbocycles. The smallest absolute Gasteiger partial charge is 0.0661 e. The standard InChI is InChI=1S/C14H22ClNO/c1-3-9-14(11-17,10-4-2)16-13-8-6-5-7-12(13)15/h5-8,16-17H,3-4,9-11H2,1-2H3. The van der Waals surface area contributed by atoms with Crippen LogP contribution in [0.15, 0.2) is 24.3 Å². The first-order valence-electron chi connectivity index (χ1n) is 6.31. The second-order valence-electron chi connectivity index (χ2n) is 4.54. The molecule has 0 atom stereocenters. The van der Waals surface area contributed by atoms with Gasteiger partial charge in [0.05, 0.1) is 22.9 Å². The van der Waals surface area contributed by atoms with E-state index in [0.29, 0.717) is 5.02 Å². The van der Waals surface area contributed by atoms with Gasteiger partial charge in [0, 0.05) is 0 Å². The summed E-state index contributed by atoms with van der Waals surface area (Å²) >= 11 is 6.14. The molecule has 96 valence electrons. The molecule has 2 N–H and O–H groups in total. The van der Waals surface area contributed by atoms with Crippen LogP contribution in [0.1, 0.15) is 39.5 Å². The number of benzene rings is 1. The number of rotatable bonds is 7. The molecule has 3 heteroatoms. The number of aliphatic hydroxyl groups is 1. The minimum absolute atomic E-state index is 0.139. The highest BCUT2D eigenvalue weighted by atomic mass is 35.5. The van der Waals surface area contributed by atoms with Gasteiger partial charge in [0.15, 0.2) is 0 Å². The van der Waals surface area contributed by atoms with Crippen LogP contribution in [0.25, 0.3) is 0 Å². The normalized spacial score (nSPS) is 11.5. The third-order valence-corrected chi connectivity index (χ3v) is 3.36. The third-order valence-electron chi connectivity index (χ3n) is 3.03. The monoisotopic (exact) mass is 255 g/mol. The molecule has 0 saturated heterocycles. The first-order chi connectivity index (χ1) is 8.17. The van der Waals surface area contributed by atoms with Crippen LogP contribution >= 0.6 is 11.6 Å². The Morgan fingerprint density at radius 2 is 1.76 bits per heavy atom. The number of para-hydroxylation sites is 1. The number of anilines is 1. The molecule has 0 fully saturated rings. The highest BCUT2D eigenvalue weighted by molar-refractivity contribution is 6.33. The van der Waals surface area contributed by atoms with Gasteiger partial charge in [0.1, 0.15) is 0 Å². The SMILES string of the molecule is CCCC(CO)(CCC)Nc1ccccc1Cl. The van der Waals surface area contributed by atoms with Crippen LogP contribution in [0, 0.1) is 0 Å². The molecule has 1 aromatic rings. The minimum atomic E-state index is -0.242. The average molecular weight is 256 g/mol. The highest BCUT2D eigenvalue weighted by Crippen LogP contribution is 2.29. The summed E-state index contributed by atoms with van der Waals surface area (Å²) < 4.78 is 0. The average Bonchev–Trinajstić information content (AvgIpc) is 2.33. The van der Waals surface area contributed by atoms with Crippen molar-refractivity contribution in [2.75, 3.05) is 11.9 Å². The van der Waals surface area contributed by atoms with E-state index in [1.165, 1.54) is 0 Å². The summed E-state index contributed by atoms with van der Waals surface area (Å²) in [6.45, 7) is 4.41. The molecular weight excluding hydrogens is 234 g/mol. The van der Waals surface area contributed by atoms with Gasteiger partial charge in [0.2, 0.25) is 0 Å². The summed E-state index contributed by atoms with van der Waals surface area (Å²) in [6.07, 6.45) is 3.97. The molecule has 0 unspecified atom stereocenters. The molecular formula is C14H22ClNO. The number of nitrogens with one attached hydrogen (secondary N) is 1. The Kier molecular flexibility index (Phi) is 5.79. The van der Waals surface area contributed by atoms with E-state index >= 15 is 0 Å². The van der Waals surface area contributed by atoms with Crippen molar-refractivity contribution in [3.63, 3.8) is 0 Å². The fourth-order valence-electron chi connectivity index (χ4n) is 2.25. The van der Waals surface area contributed by atoms with E-state index in [-0.39, 0.29) is 12.1 Å². The molecule has 0 spiro atoms. The maximum absolute atomic E-state index is 9.69. The topological polar surface area (TPSA) is 32.3 Å². The van der Waals surface area contributed by atoms with E-state index in [2.05, 4.69) is 19.2 Å². The molecule has 2 nitrogen and oxygen atoms in total. The Morgan fingerprint density at radius 3 is 2.24 bits per heavy atom. The Labute approximate surface area is 109 Å². The lowest BCUT2D eigenvalue weighted by Crippen LogP contribution is -2.42. The van der Waals surface area contributed by atoms with E-state index in [4.69, 9.17) is 11.6 Å². The van der Waals surface area contributed by atoms with Gasteiger partial charge < -0.3 is 10.4 Å². The van der Waals surface area contributed by atoms with Crippen LogP contribution in [0.5, 0.6) is 0 Å². The Morgan fingerprint density at radius 1 is 1.18 bits per heavy atom. The zero-order valence-corrected chi connectivity index (χ0v) is 11.4. The third kappa shape index (κ3) is 3.90. The second kappa shape index (κ2) is 6.87. The molecule has 0 aliphatic carbocycles. The number of halogens is 1. The van der Waals surface area contributed by atoms with Crippen molar-refractivity contribution in [1.29, 1.82) is 0 Å². The molecule has 0 aliphatic heterocycles. The number of hydrogen-bond acceptors (Lipinski definition) is 2. The fraction of sp³-hybridized carbons (Fsp3) is 0.571. The fourth-order valence-corrected chi connectivity index (χ4v) is 2.44. The highest BCUT2D eigenvalue weighted by Gasteiger charge is 2.27. The second-order valence-corrected chi connectivity index (χ2v) is 4.95. The summed E-state index contributed by atoms with van der Waals surface area (Å²) in [5, 5.41) is 13.8. The maximum Gasteiger partial charge on any atom is 0.0661 e. The van der Waals surface area contributed by atoms with Gasteiger partial charge in [-0.1, -0.05) is 50.4 Å². The molecule has 0 amide bonds. The molecule has 0 bridgehead atoms. The summed E-state index contributed by atoms with van der Waals surface area (Å²) in [4.78, 5) is 0. The van der Waals surface area contributed by atoms with Crippen molar-refractivity contribution in [2.45, 2.75) is 45.1 Å². The van der Waals surface area contributed by atoms with E-state index in [9.17, 15) is 5.11 Å². The van der Waals surface area contributed by atoms with Crippen LogP contribution in [-0.2, 0) is 0 Å². The molecule has 0 radical (unpaired) electrons. The van der Waals surface area contributed by atoms with Crippen LogP contribution < -0.4 is 5.32 Å². The molecule has 0 heterocycles. The molecule has 17 heavy (non-hydrogen) atoms. The zero-order valence-electron chi connectivity index (χ0n) is 10.7. The molecule has 1 rings (SSSR count). The quantitative estimate of drug-likeness (QED) is 0.769. The minimum Gasteiger partial charge on any atom is -0.394 e. The van der Waals surface area contributed by atoms with E-state index in [0.717, 1.165) is 31.4 Å². The van der Waals surface area contributed by atoms with Crippen molar-refractivity contribution in [2.24, 2.45) is 0 Å². The number of hydrogen-bond donors (Lipinski definition) is 2. The Balaban J connectivity index is 2.88. The summed E-state index contributed by atoms with van der Waals surface area (Å²) in [7, 11) is 0. The Hall–Kier alpha value is -0.730. The zero-order chi connectivity index (χ0) is 12.7. The van der Waals surface area contributed by atoms with Gasteiger partial charge in [-0.15, -0.1) is 0 Å². The van der Waals surface area contributed by atoms with Gasteiger partial charge in [-0.25, -0.2) is 0 Å².